The van der Waals surface area contributed by atoms with Gasteiger partial charge in [0.15, 0.2) is 0 Å². The second kappa shape index (κ2) is 4.97. The van der Waals surface area contributed by atoms with Crippen molar-refractivity contribution < 1.29 is 8.81 Å². The van der Waals surface area contributed by atoms with Crippen molar-refractivity contribution in [1.82, 2.24) is 15.5 Å². The van der Waals surface area contributed by atoms with Crippen LogP contribution in [0, 0.1) is 12.7 Å². The molecule has 0 amide bonds. The van der Waals surface area contributed by atoms with Gasteiger partial charge in [0.2, 0.25) is 5.89 Å². The Morgan fingerprint density at radius 3 is 2.95 bits per heavy atom. The van der Waals surface area contributed by atoms with Crippen LogP contribution in [0.25, 0.3) is 0 Å². The minimum Gasteiger partial charge on any atom is -0.406 e. The molecule has 3 rings (SSSR count). The summed E-state index contributed by atoms with van der Waals surface area (Å²) < 4.78 is 18.4. The molecule has 0 spiro atoms. The van der Waals surface area contributed by atoms with Crippen molar-refractivity contribution in [3.8, 4) is 0 Å². The Balaban J connectivity index is 1.65. The van der Waals surface area contributed by atoms with Gasteiger partial charge in [0.05, 0.1) is 6.54 Å². The Morgan fingerprint density at radius 2 is 2.21 bits per heavy atom. The lowest BCUT2D eigenvalue weighted by Gasteiger charge is -2.04. The van der Waals surface area contributed by atoms with Crippen LogP contribution in [-0.2, 0) is 6.54 Å². The lowest BCUT2D eigenvalue weighted by Crippen LogP contribution is -2.15. The molecule has 0 bridgehead atoms. The Bertz CT molecular complexity index is 580. The minimum absolute atomic E-state index is 0.261. The summed E-state index contributed by atoms with van der Waals surface area (Å²) in [5, 5.41) is 14.1. The van der Waals surface area contributed by atoms with Crippen LogP contribution < -0.4 is 10.6 Å². The van der Waals surface area contributed by atoms with Crippen LogP contribution in [0.2, 0.25) is 0 Å². The first kappa shape index (κ1) is 12.1. The molecule has 2 N–H and O–H groups in total. The molecule has 100 valence electrons. The van der Waals surface area contributed by atoms with E-state index < -0.39 is 0 Å². The van der Waals surface area contributed by atoms with Crippen LogP contribution in [0.15, 0.2) is 22.6 Å². The second-order valence-corrected chi connectivity index (χ2v) is 4.74. The molecule has 0 radical (unpaired) electrons. The van der Waals surface area contributed by atoms with Gasteiger partial charge in [-0.25, -0.2) is 4.39 Å². The summed E-state index contributed by atoms with van der Waals surface area (Å²) in [5.74, 6) is 0.289. The van der Waals surface area contributed by atoms with Crippen LogP contribution in [0.1, 0.15) is 24.3 Å². The van der Waals surface area contributed by atoms with Crippen molar-refractivity contribution in [1.29, 1.82) is 0 Å². The number of hydrogen-bond donors (Lipinski definition) is 2. The zero-order chi connectivity index (χ0) is 13.2. The lowest BCUT2D eigenvalue weighted by atomic mass is 10.2. The quantitative estimate of drug-likeness (QED) is 0.867. The molecule has 1 aliphatic carbocycles. The average molecular weight is 262 g/mol. The van der Waals surface area contributed by atoms with Crippen LogP contribution in [0.4, 0.5) is 16.1 Å². The highest BCUT2D eigenvalue weighted by Gasteiger charge is 2.21. The highest BCUT2D eigenvalue weighted by atomic mass is 19.1. The molecule has 0 unspecified atom stereocenters. The molecular weight excluding hydrogens is 247 g/mol. The largest absolute Gasteiger partial charge is 0.406 e. The van der Waals surface area contributed by atoms with E-state index in [2.05, 4.69) is 20.8 Å². The number of halogens is 1. The number of aromatic nitrogens is 2. The third-order valence-electron chi connectivity index (χ3n) is 3.02. The number of anilines is 2. The van der Waals surface area contributed by atoms with Crippen molar-refractivity contribution in [2.24, 2.45) is 0 Å². The predicted octanol–water partition coefficient (Wildman–Crippen LogP) is 2.51. The first-order chi connectivity index (χ1) is 9.20. The Kier molecular flexibility index (Phi) is 3.16. The number of benzene rings is 1. The molecule has 0 aliphatic heterocycles. The fraction of sp³-hybridized carbons (Fsp3) is 0.385. The van der Waals surface area contributed by atoms with E-state index >= 15 is 0 Å². The summed E-state index contributed by atoms with van der Waals surface area (Å²) in [6, 6.07) is 5.41. The molecule has 1 fully saturated rings. The van der Waals surface area contributed by atoms with E-state index in [-0.39, 0.29) is 5.82 Å². The van der Waals surface area contributed by atoms with E-state index in [0.717, 1.165) is 11.3 Å². The normalized spacial score (nSPS) is 14.6. The molecule has 1 aromatic carbocycles. The van der Waals surface area contributed by atoms with Gasteiger partial charge in [-0.3, -0.25) is 0 Å². The Morgan fingerprint density at radius 1 is 1.37 bits per heavy atom. The van der Waals surface area contributed by atoms with Crippen LogP contribution in [0.3, 0.4) is 0 Å². The summed E-state index contributed by atoms with van der Waals surface area (Å²) >= 11 is 0. The van der Waals surface area contributed by atoms with Crippen molar-refractivity contribution in [2.45, 2.75) is 32.4 Å². The van der Waals surface area contributed by atoms with Crippen molar-refractivity contribution in [2.75, 3.05) is 5.32 Å². The van der Waals surface area contributed by atoms with E-state index in [4.69, 9.17) is 4.42 Å². The number of aryl methyl sites for hydroxylation is 1. The lowest BCUT2D eigenvalue weighted by molar-refractivity contribution is 0.478. The molecule has 1 heterocycles. The molecule has 19 heavy (non-hydrogen) atoms. The molecule has 1 aromatic heterocycles. The van der Waals surface area contributed by atoms with E-state index in [0.29, 0.717) is 24.5 Å². The van der Waals surface area contributed by atoms with Gasteiger partial charge in [0.25, 0.3) is 0 Å². The maximum absolute atomic E-state index is 13.0. The van der Waals surface area contributed by atoms with Gasteiger partial charge in [-0.15, -0.1) is 5.10 Å². The Hall–Kier alpha value is -1.95. The molecule has 0 atom stereocenters. The smallest absolute Gasteiger partial charge is 0.320 e. The maximum Gasteiger partial charge on any atom is 0.320 e. The zero-order valence-corrected chi connectivity index (χ0v) is 10.6. The van der Waals surface area contributed by atoms with Gasteiger partial charge in [-0.2, -0.15) is 0 Å². The van der Waals surface area contributed by atoms with E-state index in [1.165, 1.54) is 25.0 Å². The van der Waals surface area contributed by atoms with Gasteiger partial charge in [-0.1, -0.05) is 5.10 Å². The average Bonchev–Trinajstić information content (AvgIpc) is 3.10. The first-order valence-corrected chi connectivity index (χ1v) is 6.29. The fourth-order valence-corrected chi connectivity index (χ4v) is 1.78. The highest BCUT2D eigenvalue weighted by molar-refractivity contribution is 5.56. The summed E-state index contributed by atoms with van der Waals surface area (Å²) in [5.41, 5.74) is 1.54. The van der Waals surface area contributed by atoms with Crippen LogP contribution >= 0.6 is 0 Å². The standard InChI is InChI=1S/C13H15FN4O/c1-8-6-9(14)2-5-11(8)16-13-18-17-12(19-13)7-15-10-3-4-10/h2,5-6,10,15H,3-4,7H2,1H3,(H,16,18). The second-order valence-electron chi connectivity index (χ2n) is 4.74. The Labute approximate surface area is 110 Å². The number of rotatable bonds is 5. The molecular formula is C13H15FN4O. The zero-order valence-electron chi connectivity index (χ0n) is 10.6. The maximum atomic E-state index is 13.0. The number of nitrogens with one attached hydrogen (secondary N) is 2. The van der Waals surface area contributed by atoms with Crippen LogP contribution in [0.5, 0.6) is 0 Å². The molecule has 5 nitrogen and oxygen atoms in total. The monoisotopic (exact) mass is 262 g/mol. The van der Waals surface area contributed by atoms with Gasteiger partial charge < -0.3 is 15.1 Å². The summed E-state index contributed by atoms with van der Waals surface area (Å²) in [6.07, 6.45) is 2.43. The topological polar surface area (TPSA) is 63.0 Å². The summed E-state index contributed by atoms with van der Waals surface area (Å²) in [4.78, 5) is 0. The molecule has 0 saturated heterocycles. The fourth-order valence-electron chi connectivity index (χ4n) is 1.78. The van der Waals surface area contributed by atoms with Gasteiger partial charge in [0.1, 0.15) is 5.82 Å². The van der Waals surface area contributed by atoms with E-state index in [1.54, 1.807) is 6.07 Å². The summed E-state index contributed by atoms with van der Waals surface area (Å²) in [7, 11) is 0. The van der Waals surface area contributed by atoms with Gasteiger partial charge in [-0.05, 0) is 43.5 Å². The SMILES string of the molecule is Cc1cc(F)ccc1Nc1nnc(CNC2CC2)o1. The first-order valence-electron chi connectivity index (χ1n) is 6.29. The molecule has 2 aromatic rings. The van der Waals surface area contributed by atoms with E-state index in [9.17, 15) is 4.39 Å². The summed E-state index contributed by atoms with van der Waals surface area (Å²) in [6.45, 7) is 2.40. The molecule has 1 saturated carbocycles. The van der Waals surface area contributed by atoms with E-state index in [1.807, 2.05) is 6.92 Å². The minimum atomic E-state index is -0.261. The third kappa shape index (κ3) is 3.08. The van der Waals surface area contributed by atoms with Crippen molar-refractivity contribution in [3.05, 3.63) is 35.5 Å². The predicted molar refractivity (Wildman–Crippen MR) is 68.6 cm³/mol. The molecule has 6 heteroatoms. The molecule has 1 aliphatic rings. The number of hydrogen-bond acceptors (Lipinski definition) is 5. The van der Waals surface area contributed by atoms with Gasteiger partial charge in [0, 0.05) is 11.7 Å². The van der Waals surface area contributed by atoms with Crippen molar-refractivity contribution in [3.63, 3.8) is 0 Å². The number of nitrogens with zero attached hydrogens (tertiary/aromatic N) is 2. The third-order valence-corrected chi connectivity index (χ3v) is 3.02. The van der Waals surface area contributed by atoms with Gasteiger partial charge >= 0.3 is 6.01 Å². The van der Waals surface area contributed by atoms with Crippen LogP contribution in [-0.4, -0.2) is 16.2 Å². The highest BCUT2D eigenvalue weighted by Crippen LogP contribution is 2.21. The van der Waals surface area contributed by atoms with Crippen molar-refractivity contribution >= 4 is 11.7 Å².